The quantitative estimate of drug-likeness (QED) is 0.647. The summed E-state index contributed by atoms with van der Waals surface area (Å²) in [6.45, 7) is 0. The fourth-order valence-electron chi connectivity index (χ4n) is 1.32. The third kappa shape index (κ3) is 2.82. The summed E-state index contributed by atoms with van der Waals surface area (Å²) in [6, 6.07) is 9.65. The number of nitrogens with one attached hydrogen (secondary N) is 1. The Morgan fingerprint density at radius 3 is 2.82 bits per heavy atom. The zero-order valence-corrected chi connectivity index (χ0v) is 9.67. The molecule has 0 spiro atoms. The van der Waals surface area contributed by atoms with Gasteiger partial charge in [0.05, 0.1) is 0 Å². The van der Waals surface area contributed by atoms with Crippen molar-refractivity contribution in [2.45, 2.75) is 9.92 Å². The van der Waals surface area contributed by atoms with Crippen LogP contribution in [0.5, 0.6) is 0 Å². The molecule has 0 unspecified atom stereocenters. The Balaban J connectivity index is 2.33. The molecule has 3 N–H and O–H groups in total. The van der Waals surface area contributed by atoms with Crippen LogP contribution in [0.1, 0.15) is 5.56 Å². The van der Waals surface area contributed by atoms with E-state index in [1.54, 1.807) is 30.5 Å². The highest BCUT2D eigenvalue weighted by Crippen LogP contribution is 2.28. The van der Waals surface area contributed by atoms with Gasteiger partial charge in [0.25, 0.3) is 0 Å². The second-order valence-corrected chi connectivity index (χ2v) is 4.39. The number of halogens is 1. The van der Waals surface area contributed by atoms with Crippen LogP contribution in [-0.4, -0.2) is 10.8 Å². The van der Waals surface area contributed by atoms with Gasteiger partial charge in [0, 0.05) is 16.7 Å². The third-order valence-electron chi connectivity index (χ3n) is 2.07. The number of rotatable bonds is 3. The predicted molar refractivity (Wildman–Crippen MR) is 65.8 cm³/mol. The van der Waals surface area contributed by atoms with E-state index < -0.39 is 0 Å². The molecule has 0 amide bonds. The minimum absolute atomic E-state index is 0.0444. The summed E-state index contributed by atoms with van der Waals surface area (Å²) in [5.41, 5.74) is 6.01. The highest BCUT2D eigenvalue weighted by Gasteiger charge is 2.08. The van der Waals surface area contributed by atoms with Crippen molar-refractivity contribution in [2.24, 2.45) is 5.73 Å². The zero-order chi connectivity index (χ0) is 12.3. The molecule has 0 saturated heterocycles. The summed E-state index contributed by atoms with van der Waals surface area (Å²) in [6.07, 6.45) is 1.62. The van der Waals surface area contributed by atoms with Crippen molar-refractivity contribution >= 4 is 17.6 Å². The maximum atomic E-state index is 13.0. The van der Waals surface area contributed by atoms with Gasteiger partial charge in [-0.3, -0.25) is 5.41 Å². The first kappa shape index (κ1) is 11.6. The first-order valence-electron chi connectivity index (χ1n) is 4.89. The monoisotopic (exact) mass is 247 g/mol. The molecule has 0 saturated carbocycles. The van der Waals surface area contributed by atoms with Crippen LogP contribution in [0.2, 0.25) is 0 Å². The minimum Gasteiger partial charge on any atom is -0.384 e. The highest BCUT2D eigenvalue weighted by molar-refractivity contribution is 7.99. The number of aromatic nitrogens is 1. The van der Waals surface area contributed by atoms with E-state index in [1.807, 2.05) is 0 Å². The van der Waals surface area contributed by atoms with E-state index in [9.17, 15) is 4.39 Å². The molecule has 1 heterocycles. The summed E-state index contributed by atoms with van der Waals surface area (Å²) in [5, 5.41) is 8.04. The Kier molecular flexibility index (Phi) is 3.39. The van der Waals surface area contributed by atoms with Crippen LogP contribution in [0.4, 0.5) is 4.39 Å². The van der Waals surface area contributed by atoms with Gasteiger partial charge in [0.2, 0.25) is 0 Å². The maximum absolute atomic E-state index is 13.0. The summed E-state index contributed by atoms with van der Waals surface area (Å²) in [4.78, 5) is 4.87. The van der Waals surface area contributed by atoms with Gasteiger partial charge in [-0.05, 0) is 30.3 Å². The van der Waals surface area contributed by atoms with Crippen molar-refractivity contribution in [1.82, 2.24) is 4.98 Å². The van der Waals surface area contributed by atoms with Crippen LogP contribution in [0, 0.1) is 11.2 Å². The number of nitrogens with zero attached hydrogens (tertiary/aromatic N) is 1. The smallest absolute Gasteiger partial charge is 0.125 e. The van der Waals surface area contributed by atoms with Crippen LogP contribution in [0.15, 0.2) is 52.5 Å². The maximum Gasteiger partial charge on any atom is 0.125 e. The molecule has 0 aliphatic rings. The van der Waals surface area contributed by atoms with E-state index in [0.29, 0.717) is 10.6 Å². The van der Waals surface area contributed by atoms with Gasteiger partial charge in [-0.25, -0.2) is 9.37 Å². The van der Waals surface area contributed by atoms with Crippen molar-refractivity contribution in [1.29, 1.82) is 5.41 Å². The lowest BCUT2D eigenvalue weighted by molar-refractivity contribution is 0.624. The Labute approximate surface area is 102 Å². The molecule has 1 aromatic heterocycles. The predicted octanol–water partition coefficient (Wildman–Crippen LogP) is 2.66. The molecular weight excluding hydrogens is 237 g/mol. The topological polar surface area (TPSA) is 62.8 Å². The Bertz CT molecular complexity index is 557. The molecular formula is C12H10FN3S. The number of amidine groups is 1. The summed E-state index contributed by atoms with van der Waals surface area (Å²) < 4.78 is 13.0. The Morgan fingerprint density at radius 2 is 2.12 bits per heavy atom. The SMILES string of the molecule is N=C(N)c1cccnc1Sc1cccc(F)c1. The molecule has 5 heteroatoms. The van der Waals surface area contributed by atoms with Gasteiger partial charge in [-0.15, -0.1) is 0 Å². The first-order valence-corrected chi connectivity index (χ1v) is 5.71. The molecule has 3 nitrogen and oxygen atoms in total. The Morgan fingerprint density at radius 1 is 1.29 bits per heavy atom. The van der Waals surface area contributed by atoms with E-state index in [4.69, 9.17) is 11.1 Å². The minimum atomic E-state index is -0.296. The summed E-state index contributed by atoms with van der Waals surface area (Å²) >= 11 is 1.28. The lowest BCUT2D eigenvalue weighted by atomic mass is 10.3. The number of hydrogen-bond donors (Lipinski definition) is 2. The molecule has 2 aromatic rings. The van der Waals surface area contributed by atoms with Crippen molar-refractivity contribution in [3.8, 4) is 0 Å². The number of benzene rings is 1. The van der Waals surface area contributed by atoms with E-state index in [-0.39, 0.29) is 11.7 Å². The van der Waals surface area contributed by atoms with Crippen molar-refractivity contribution in [3.63, 3.8) is 0 Å². The number of nitrogen functional groups attached to an aromatic ring is 1. The number of hydrogen-bond acceptors (Lipinski definition) is 3. The molecule has 0 aliphatic carbocycles. The van der Waals surface area contributed by atoms with E-state index in [2.05, 4.69) is 4.98 Å². The Hall–Kier alpha value is -1.88. The summed E-state index contributed by atoms with van der Waals surface area (Å²) in [5.74, 6) is -0.340. The van der Waals surface area contributed by atoms with Gasteiger partial charge < -0.3 is 5.73 Å². The normalized spacial score (nSPS) is 10.2. The van der Waals surface area contributed by atoms with Crippen molar-refractivity contribution in [2.75, 3.05) is 0 Å². The van der Waals surface area contributed by atoms with Crippen LogP contribution in [0.3, 0.4) is 0 Å². The number of pyridine rings is 1. The molecule has 86 valence electrons. The van der Waals surface area contributed by atoms with Gasteiger partial charge in [-0.1, -0.05) is 17.8 Å². The molecule has 0 radical (unpaired) electrons. The van der Waals surface area contributed by atoms with Gasteiger partial charge in [-0.2, -0.15) is 0 Å². The van der Waals surface area contributed by atoms with Crippen molar-refractivity contribution < 1.29 is 4.39 Å². The fourth-order valence-corrected chi connectivity index (χ4v) is 2.26. The van der Waals surface area contributed by atoms with Crippen LogP contribution < -0.4 is 5.73 Å². The fraction of sp³-hybridized carbons (Fsp3) is 0. The second-order valence-electron chi connectivity index (χ2n) is 3.33. The van der Waals surface area contributed by atoms with Crippen LogP contribution in [0.25, 0.3) is 0 Å². The molecule has 0 aliphatic heterocycles. The molecule has 0 atom stereocenters. The average Bonchev–Trinajstić information content (AvgIpc) is 2.29. The molecule has 1 aromatic carbocycles. The molecule has 2 rings (SSSR count). The lowest BCUT2D eigenvalue weighted by Crippen LogP contribution is -2.12. The largest absolute Gasteiger partial charge is 0.384 e. The second kappa shape index (κ2) is 4.97. The lowest BCUT2D eigenvalue weighted by Gasteiger charge is -2.06. The molecule has 0 fully saturated rings. The number of nitrogens with two attached hydrogens (primary N) is 1. The van der Waals surface area contributed by atoms with Gasteiger partial charge >= 0.3 is 0 Å². The molecule has 17 heavy (non-hydrogen) atoms. The van der Waals surface area contributed by atoms with Crippen molar-refractivity contribution in [3.05, 3.63) is 54.0 Å². The van der Waals surface area contributed by atoms with E-state index in [1.165, 1.54) is 23.9 Å². The van der Waals surface area contributed by atoms with Gasteiger partial charge in [0.1, 0.15) is 16.7 Å². The standard InChI is InChI=1S/C12H10FN3S/c13-8-3-1-4-9(7-8)17-12-10(11(14)15)5-2-6-16-12/h1-7H,(H3,14,15). The van der Waals surface area contributed by atoms with Crippen LogP contribution in [-0.2, 0) is 0 Å². The van der Waals surface area contributed by atoms with Gasteiger partial charge in [0.15, 0.2) is 0 Å². The van der Waals surface area contributed by atoms with E-state index >= 15 is 0 Å². The summed E-state index contributed by atoms with van der Waals surface area (Å²) in [7, 11) is 0. The van der Waals surface area contributed by atoms with Crippen LogP contribution >= 0.6 is 11.8 Å². The van der Waals surface area contributed by atoms with E-state index in [0.717, 1.165) is 4.90 Å². The average molecular weight is 247 g/mol. The highest BCUT2D eigenvalue weighted by atomic mass is 32.2. The zero-order valence-electron chi connectivity index (χ0n) is 8.85. The molecule has 0 bridgehead atoms. The first-order chi connectivity index (χ1) is 8.16. The third-order valence-corrected chi connectivity index (χ3v) is 3.08.